The Bertz CT molecular complexity index is 552. The summed E-state index contributed by atoms with van der Waals surface area (Å²) in [5.74, 6) is -1.27. The molecule has 2 N–H and O–H groups in total. The van der Waals surface area contributed by atoms with E-state index in [2.05, 4.69) is 5.32 Å². The molecule has 0 radical (unpaired) electrons. The van der Waals surface area contributed by atoms with Gasteiger partial charge in [0.2, 0.25) is 5.91 Å². The highest BCUT2D eigenvalue weighted by Gasteiger charge is 2.19. The van der Waals surface area contributed by atoms with E-state index in [4.69, 9.17) is 16.7 Å². The molecule has 0 aliphatic rings. The molecule has 21 heavy (non-hydrogen) atoms. The quantitative estimate of drug-likeness (QED) is 0.793. The maximum atomic E-state index is 11.8. The first-order valence-corrected chi connectivity index (χ1v) is 7.15. The Balaban J connectivity index is 2.68. The summed E-state index contributed by atoms with van der Waals surface area (Å²) >= 11 is 6.00. The minimum absolute atomic E-state index is 0.186. The van der Waals surface area contributed by atoms with Gasteiger partial charge in [-0.25, -0.2) is 4.79 Å². The summed E-state index contributed by atoms with van der Waals surface area (Å²) in [6, 6.07) is 4.58. The minimum atomic E-state index is -1.02. The minimum Gasteiger partial charge on any atom is -0.480 e. The molecule has 4 nitrogen and oxygen atoms in total. The highest BCUT2D eigenvalue weighted by atomic mass is 35.5. The normalized spacial score (nSPS) is 12.6. The molecular weight excluding hydrogens is 290 g/mol. The number of rotatable bonds is 6. The lowest BCUT2D eigenvalue weighted by molar-refractivity contribution is -0.141. The third-order valence-corrected chi connectivity index (χ3v) is 3.35. The fourth-order valence-corrected chi connectivity index (χ4v) is 1.99. The first-order chi connectivity index (χ1) is 9.79. The lowest BCUT2D eigenvalue weighted by Gasteiger charge is -2.15. The van der Waals surface area contributed by atoms with Gasteiger partial charge in [-0.2, -0.15) is 0 Å². The topological polar surface area (TPSA) is 66.4 Å². The van der Waals surface area contributed by atoms with Gasteiger partial charge in [0.15, 0.2) is 0 Å². The van der Waals surface area contributed by atoms with E-state index in [1.165, 1.54) is 6.08 Å². The van der Waals surface area contributed by atoms with Crippen molar-refractivity contribution in [2.24, 2.45) is 5.92 Å². The predicted octanol–water partition coefficient (Wildman–Crippen LogP) is 3.28. The van der Waals surface area contributed by atoms with Gasteiger partial charge >= 0.3 is 5.97 Å². The first kappa shape index (κ1) is 17.2. The van der Waals surface area contributed by atoms with Crippen LogP contribution in [0.3, 0.4) is 0 Å². The Labute approximate surface area is 129 Å². The summed E-state index contributed by atoms with van der Waals surface area (Å²) < 4.78 is 0. The van der Waals surface area contributed by atoms with E-state index in [0.29, 0.717) is 11.4 Å². The van der Waals surface area contributed by atoms with Gasteiger partial charge < -0.3 is 10.4 Å². The number of hydrogen-bond acceptors (Lipinski definition) is 2. The summed E-state index contributed by atoms with van der Waals surface area (Å²) in [6.45, 7) is 5.71. The van der Waals surface area contributed by atoms with Crippen molar-refractivity contribution >= 4 is 29.6 Å². The highest BCUT2D eigenvalue weighted by molar-refractivity contribution is 6.31. The second-order valence-electron chi connectivity index (χ2n) is 5.37. The predicted molar refractivity (Wildman–Crippen MR) is 84.2 cm³/mol. The summed E-state index contributed by atoms with van der Waals surface area (Å²) in [5.41, 5.74) is 1.75. The number of hydrogen-bond donors (Lipinski definition) is 2. The Morgan fingerprint density at radius 3 is 2.57 bits per heavy atom. The van der Waals surface area contributed by atoms with Crippen LogP contribution in [0.4, 0.5) is 0 Å². The van der Waals surface area contributed by atoms with Crippen molar-refractivity contribution in [3.05, 3.63) is 40.4 Å². The van der Waals surface area contributed by atoms with Crippen LogP contribution in [0.25, 0.3) is 6.08 Å². The average Bonchev–Trinajstić information content (AvgIpc) is 2.38. The Kier molecular flexibility index (Phi) is 6.43. The van der Waals surface area contributed by atoms with E-state index in [1.807, 2.05) is 32.9 Å². The van der Waals surface area contributed by atoms with Gasteiger partial charge in [0, 0.05) is 11.1 Å². The van der Waals surface area contributed by atoms with Crippen LogP contribution >= 0.6 is 11.6 Å². The molecule has 0 saturated carbocycles. The monoisotopic (exact) mass is 309 g/mol. The maximum Gasteiger partial charge on any atom is 0.326 e. The van der Waals surface area contributed by atoms with Crippen LogP contribution in [0, 0.1) is 12.8 Å². The number of carboxylic acids is 1. The zero-order valence-electron chi connectivity index (χ0n) is 12.4. The lowest BCUT2D eigenvalue weighted by Crippen LogP contribution is -2.40. The van der Waals surface area contributed by atoms with Gasteiger partial charge in [-0.05, 0) is 42.5 Å². The molecule has 114 valence electrons. The van der Waals surface area contributed by atoms with Crippen molar-refractivity contribution in [3.8, 4) is 0 Å². The van der Waals surface area contributed by atoms with Crippen LogP contribution in [-0.4, -0.2) is 23.0 Å². The van der Waals surface area contributed by atoms with E-state index in [1.54, 1.807) is 12.1 Å². The van der Waals surface area contributed by atoms with E-state index < -0.39 is 17.9 Å². The third-order valence-electron chi connectivity index (χ3n) is 2.94. The number of aliphatic carboxylic acids is 1. The highest BCUT2D eigenvalue weighted by Crippen LogP contribution is 2.17. The largest absolute Gasteiger partial charge is 0.480 e. The second-order valence-corrected chi connectivity index (χ2v) is 5.78. The summed E-state index contributed by atoms with van der Waals surface area (Å²) in [7, 11) is 0. The number of carbonyl (C=O) groups excluding carboxylic acids is 1. The van der Waals surface area contributed by atoms with Gasteiger partial charge in [-0.1, -0.05) is 37.6 Å². The van der Waals surface area contributed by atoms with E-state index in [-0.39, 0.29) is 5.92 Å². The maximum absolute atomic E-state index is 11.8. The number of carbonyl (C=O) groups is 2. The fraction of sp³-hybridized carbons (Fsp3) is 0.375. The standard InChI is InChI=1S/C16H20ClNO3/c1-10(2)8-14(16(20)21)18-15(19)7-6-12-5-4-11(3)13(17)9-12/h4-7,9-10,14H,8H2,1-3H3,(H,18,19)(H,20,21)/t14-/m1/s1. The van der Waals surface area contributed by atoms with Crippen molar-refractivity contribution in [2.45, 2.75) is 33.2 Å². The molecule has 0 fully saturated rings. The molecule has 5 heteroatoms. The van der Waals surface area contributed by atoms with Crippen LogP contribution in [0.15, 0.2) is 24.3 Å². The summed E-state index contributed by atoms with van der Waals surface area (Å²) in [5, 5.41) is 12.2. The van der Waals surface area contributed by atoms with Crippen molar-refractivity contribution < 1.29 is 14.7 Å². The zero-order valence-corrected chi connectivity index (χ0v) is 13.1. The molecule has 1 rings (SSSR count). The third kappa shape index (κ3) is 6.00. The molecule has 0 spiro atoms. The summed E-state index contributed by atoms with van der Waals surface area (Å²) in [6.07, 6.45) is 3.32. The molecule has 1 aromatic rings. The Morgan fingerprint density at radius 2 is 2.05 bits per heavy atom. The van der Waals surface area contributed by atoms with Crippen LogP contribution in [-0.2, 0) is 9.59 Å². The molecule has 1 aromatic carbocycles. The van der Waals surface area contributed by atoms with E-state index in [0.717, 1.165) is 11.1 Å². The molecule has 0 saturated heterocycles. The van der Waals surface area contributed by atoms with Gasteiger partial charge in [-0.3, -0.25) is 4.79 Å². The number of halogens is 1. The SMILES string of the molecule is Cc1ccc(C=CC(=O)N[C@H](CC(C)C)C(=O)O)cc1Cl. The smallest absolute Gasteiger partial charge is 0.326 e. The first-order valence-electron chi connectivity index (χ1n) is 6.77. The lowest BCUT2D eigenvalue weighted by atomic mass is 10.0. The van der Waals surface area contributed by atoms with Crippen LogP contribution in [0.2, 0.25) is 5.02 Å². The Morgan fingerprint density at radius 1 is 1.38 bits per heavy atom. The van der Waals surface area contributed by atoms with Crippen molar-refractivity contribution in [3.63, 3.8) is 0 Å². The second kappa shape index (κ2) is 7.84. The van der Waals surface area contributed by atoms with Gasteiger partial charge in [0.25, 0.3) is 0 Å². The average molecular weight is 310 g/mol. The summed E-state index contributed by atoms with van der Waals surface area (Å²) in [4.78, 5) is 22.8. The van der Waals surface area contributed by atoms with Crippen molar-refractivity contribution in [2.75, 3.05) is 0 Å². The fourth-order valence-electron chi connectivity index (χ4n) is 1.80. The number of aryl methyl sites for hydroxylation is 1. The van der Waals surface area contributed by atoms with Crippen molar-refractivity contribution in [1.29, 1.82) is 0 Å². The zero-order chi connectivity index (χ0) is 16.0. The number of amides is 1. The van der Waals surface area contributed by atoms with Gasteiger partial charge in [-0.15, -0.1) is 0 Å². The van der Waals surface area contributed by atoms with Crippen LogP contribution in [0.5, 0.6) is 0 Å². The van der Waals surface area contributed by atoms with Crippen molar-refractivity contribution in [1.82, 2.24) is 5.32 Å². The number of nitrogens with one attached hydrogen (secondary N) is 1. The molecule has 1 atom stereocenters. The van der Waals surface area contributed by atoms with Crippen LogP contribution < -0.4 is 5.32 Å². The molecule has 0 aliphatic heterocycles. The van der Waals surface area contributed by atoms with Crippen LogP contribution in [0.1, 0.15) is 31.4 Å². The molecule has 0 aliphatic carbocycles. The van der Waals surface area contributed by atoms with Gasteiger partial charge in [0.05, 0.1) is 0 Å². The van der Waals surface area contributed by atoms with Gasteiger partial charge in [0.1, 0.15) is 6.04 Å². The molecule has 0 bridgehead atoms. The van der Waals surface area contributed by atoms with E-state index in [9.17, 15) is 9.59 Å². The molecule has 0 heterocycles. The molecule has 0 aromatic heterocycles. The molecular formula is C16H20ClNO3. The Hall–Kier alpha value is -1.81. The van der Waals surface area contributed by atoms with E-state index >= 15 is 0 Å². The molecule has 1 amide bonds. The molecule has 0 unspecified atom stereocenters. The number of carboxylic acid groups (broad SMARTS) is 1. The number of benzene rings is 1.